The number of halogens is 4. The summed E-state index contributed by atoms with van der Waals surface area (Å²) in [5.41, 5.74) is 1.61. The Kier molecular flexibility index (Phi) is 5.73. The first-order valence-electron chi connectivity index (χ1n) is 6.33. The van der Waals surface area contributed by atoms with Gasteiger partial charge in [0.15, 0.2) is 0 Å². The first kappa shape index (κ1) is 15.6. The summed E-state index contributed by atoms with van der Waals surface area (Å²) in [6, 6.07) is 11.6. The zero-order valence-electron chi connectivity index (χ0n) is 10.8. The molecule has 0 amide bonds. The summed E-state index contributed by atoms with van der Waals surface area (Å²) in [6.07, 6.45) is 1.32. The predicted molar refractivity (Wildman–Crippen MR) is 85.2 cm³/mol. The van der Waals surface area contributed by atoms with Gasteiger partial charge in [-0.2, -0.15) is 0 Å². The van der Waals surface area contributed by atoms with Crippen molar-refractivity contribution < 1.29 is 8.78 Å². The number of hydrogen-bond donors (Lipinski definition) is 0. The topological polar surface area (TPSA) is 0 Å². The van der Waals surface area contributed by atoms with Gasteiger partial charge in [-0.1, -0.05) is 50.1 Å². The van der Waals surface area contributed by atoms with E-state index in [0.29, 0.717) is 12.0 Å². The average molecular weight is 404 g/mol. The van der Waals surface area contributed by atoms with E-state index < -0.39 is 5.82 Å². The van der Waals surface area contributed by atoms with E-state index in [-0.39, 0.29) is 11.7 Å². The molecule has 4 heteroatoms. The maximum Gasteiger partial charge on any atom is 0.126 e. The second-order valence-corrected chi connectivity index (χ2v) is 6.26. The second kappa shape index (κ2) is 7.32. The molecule has 2 aromatic rings. The predicted octanol–water partition coefficient (Wildman–Crippen LogP) is 5.52. The number of hydrogen-bond acceptors (Lipinski definition) is 0. The Morgan fingerprint density at radius 1 is 0.950 bits per heavy atom. The molecule has 0 saturated heterocycles. The molecule has 1 atom stereocenters. The minimum Gasteiger partial charge on any atom is -0.207 e. The minimum absolute atomic E-state index is 0.213. The van der Waals surface area contributed by atoms with Crippen molar-refractivity contribution in [1.29, 1.82) is 0 Å². The molecule has 2 rings (SSSR count). The highest BCUT2D eigenvalue weighted by Crippen LogP contribution is 2.24. The lowest BCUT2D eigenvalue weighted by atomic mass is 9.94. The lowest BCUT2D eigenvalue weighted by molar-refractivity contribution is 0.539. The number of rotatable bonds is 5. The van der Waals surface area contributed by atoms with Crippen LogP contribution in [0.1, 0.15) is 11.1 Å². The van der Waals surface area contributed by atoms with Crippen molar-refractivity contribution in [3.05, 3.63) is 69.7 Å². The summed E-state index contributed by atoms with van der Waals surface area (Å²) >= 11 is 6.98. The summed E-state index contributed by atoms with van der Waals surface area (Å²) in [5, 5.41) is 0.740. The van der Waals surface area contributed by atoms with Crippen molar-refractivity contribution >= 4 is 31.9 Å². The highest BCUT2D eigenvalue weighted by molar-refractivity contribution is 9.10. The lowest BCUT2D eigenvalue weighted by Gasteiger charge is -2.16. The summed E-state index contributed by atoms with van der Waals surface area (Å²) in [6.45, 7) is 0. The molecule has 0 aliphatic rings. The second-order valence-electron chi connectivity index (χ2n) is 4.76. The molecule has 106 valence electrons. The van der Waals surface area contributed by atoms with Crippen molar-refractivity contribution in [3.8, 4) is 0 Å². The van der Waals surface area contributed by atoms with E-state index in [9.17, 15) is 8.78 Å². The van der Waals surface area contributed by atoms with Gasteiger partial charge in [0.2, 0.25) is 0 Å². The van der Waals surface area contributed by atoms with Crippen molar-refractivity contribution in [2.45, 2.75) is 12.8 Å². The van der Waals surface area contributed by atoms with Crippen LogP contribution in [0.4, 0.5) is 8.78 Å². The Morgan fingerprint density at radius 3 is 2.35 bits per heavy atom. The van der Waals surface area contributed by atoms with Crippen molar-refractivity contribution in [3.63, 3.8) is 0 Å². The molecule has 0 aliphatic heterocycles. The van der Waals surface area contributed by atoms with E-state index in [1.807, 2.05) is 24.3 Å². The maximum absolute atomic E-state index is 13.7. The van der Waals surface area contributed by atoms with Crippen molar-refractivity contribution in [2.75, 3.05) is 5.33 Å². The molecule has 0 N–H and O–H groups in total. The third-order valence-corrected chi connectivity index (χ3v) is 4.89. The van der Waals surface area contributed by atoms with E-state index in [0.717, 1.165) is 22.3 Å². The van der Waals surface area contributed by atoms with Crippen molar-refractivity contribution in [2.24, 2.45) is 5.92 Å². The highest BCUT2D eigenvalue weighted by Gasteiger charge is 2.14. The molecule has 0 radical (unpaired) electrons. The first-order chi connectivity index (χ1) is 9.60. The van der Waals surface area contributed by atoms with Gasteiger partial charge in [0.25, 0.3) is 0 Å². The summed E-state index contributed by atoms with van der Waals surface area (Å²) < 4.78 is 27.9. The average Bonchev–Trinajstić information content (AvgIpc) is 2.44. The molecule has 0 bridgehead atoms. The Balaban J connectivity index is 2.13. The van der Waals surface area contributed by atoms with E-state index in [1.165, 1.54) is 17.7 Å². The molecular weight excluding hydrogens is 390 g/mol. The zero-order chi connectivity index (χ0) is 14.5. The van der Waals surface area contributed by atoms with Gasteiger partial charge in [0, 0.05) is 9.80 Å². The van der Waals surface area contributed by atoms with Gasteiger partial charge < -0.3 is 0 Å². The molecule has 0 aromatic heterocycles. The smallest absolute Gasteiger partial charge is 0.126 e. The quantitative estimate of drug-likeness (QED) is 0.576. The Labute approximate surface area is 134 Å². The van der Waals surface area contributed by atoms with Gasteiger partial charge in [0.1, 0.15) is 11.6 Å². The summed E-state index contributed by atoms with van der Waals surface area (Å²) in [4.78, 5) is 0. The van der Waals surface area contributed by atoms with E-state index in [2.05, 4.69) is 31.9 Å². The molecule has 0 nitrogen and oxygen atoms in total. The summed E-state index contributed by atoms with van der Waals surface area (Å²) in [5.74, 6) is -0.523. The van der Waals surface area contributed by atoms with Crippen LogP contribution < -0.4 is 0 Å². The van der Waals surface area contributed by atoms with Crippen LogP contribution in [0.3, 0.4) is 0 Å². The first-order valence-corrected chi connectivity index (χ1v) is 8.25. The van der Waals surface area contributed by atoms with E-state index >= 15 is 0 Å². The molecule has 1 unspecified atom stereocenters. The lowest BCUT2D eigenvalue weighted by Crippen LogP contribution is -2.11. The van der Waals surface area contributed by atoms with Crippen molar-refractivity contribution in [1.82, 2.24) is 0 Å². The molecule has 0 saturated carbocycles. The number of alkyl halides is 1. The fraction of sp³-hybridized carbons (Fsp3) is 0.250. The van der Waals surface area contributed by atoms with Gasteiger partial charge in [-0.05, 0) is 54.2 Å². The van der Waals surface area contributed by atoms with Gasteiger partial charge in [-0.15, -0.1) is 0 Å². The molecule has 0 heterocycles. The zero-order valence-corrected chi connectivity index (χ0v) is 13.9. The fourth-order valence-electron chi connectivity index (χ4n) is 2.17. The van der Waals surface area contributed by atoms with Crippen LogP contribution in [0, 0.1) is 17.6 Å². The SMILES string of the molecule is Fc1ccc(F)c(CC(CBr)Cc2ccccc2Br)c1. The Hall–Kier alpha value is -0.740. The van der Waals surface area contributed by atoms with Crippen LogP contribution >= 0.6 is 31.9 Å². The molecule has 0 aliphatic carbocycles. The van der Waals surface area contributed by atoms with Gasteiger partial charge in [-0.3, -0.25) is 0 Å². The Morgan fingerprint density at radius 2 is 1.65 bits per heavy atom. The largest absolute Gasteiger partial charge is 0.207 e. The van der Waals surface area contributed by atoms with Gasteiger partial charge >= 0.3 is 0 Å². The van der Waals surface area contributed by atoms with Crippen LogP contribution in [-0.2, 0) is 12.8 Å². The molecule has 0 spiro atoms. The Bertz CT molecular complexity index is 584. The highest BCUT2D eigenvalue weighted by atomic mass is 79.9. The molecule has 0 fully saturated rings. The monoisotopic (exact) mass is 402 g/mol. The van der Waals surface area contributed by atoms with Gasteiger partial charge in [0.05, 0.1) is 0 Å². The van der Waals surface area contributed by atoms with E-state index in [1.54, 1.807) is 0 Å². The molecular formula is C16H14Br2F2. The number of benzene rings is 2. The van der Waals surface area contributed by atoms with Crippen LogP contribution in [0.2, 0.25) is 0 Å². The summed E-state index contributed by atoms with van der Waals surface area (Å²) in [7, 11) is 0. The van der Waals surface area contributed by atoms with E-state index in [4.69, 9.17) is 0 Å². The van der Waals surface area contributed by atoms with Crippen LogP contribution in [-0.4, -0.2) is 5.33 Å². The minimum atomic E-state index is -0.393. The van der Waals surface area contributed by atoms with Crippen LogP contribution in [0.5, 0.6) is 0 Å². The fourth-order valence-corrected chi connectivity index (χ4v) is 3.07. The molecule has 2 aromatic carbocycles. The van der Waals surface area contributed by atoms with Crippen LogP contribution in [0.15, 0.2) is 46.9 Å². The normalized spacial score (nSPS) is 12.4. The standard InChI is InChI=1S/C16H14Br2F2/c17-10-11(7-12-3-1-2-4-15(12)18)8-13-9-14(19)5-6-16(13)20/h1-6,9,11H,7-8,10H2. The van der Waals surface area contributed by atoms with Crippen LogP contribution in [0.25, 0.3) is 0 Å². The third-order valence-electron chi connectivity index (χ3n) is 3.20. The third kappa shape index (κ3) is 4.13. The molecule has 20 heavy (non-hydrogen) atoms. The maximum atomic E-state index is 13.7. The van der Waals surface area contributed by atoms with Gasteiger partial charge in [-0.25, -0.2) is 8.78 Å².